The number of aromatic nitrogens is 4. The van der Waals surface area contributed by atoms with Crippen LogP contribution < -0.4 is 4.74 Å². The second-order valence-electron chi connectivity index (χ2n) is 5.83. The maximum atomic E-state index is 14.4. The van der Waals surface area contributed by atoms with Crippen LogP contribution in [0.25, 0.3) is 16.7 Å². The lowest BCUT2D eigenvalue weighted by atomic mass is 10.2. The van der Waals surface area contributed by atoms with E-state index in [1.165, 1.54) is 17.8 Å². The minimum absolute atomic E-state index is 0.292. The van der Waals surface area contributed by atoms with Gasteiger partial charge in [0.05, 0.1) is 29.5 Å². The number of ether oxygens (including phenoxy) is 1. The number of fused-ring (bicyclic) bond motifs is 1. The average molecular weight is 368 g/mol. The highest BCUT2D eigenvalue weighted by Crippen LogP contribution is 2.28. The quantitative estimate of drug-likeness (QED) is 0.527. The van der Waals surface area contributed by atoms with Crippen LogP contribution in [0.15, 0.2) is 54.1 Å². The number of imidazole rings is 1. The normalized spacial score (nSPS) is 11.2. The van der Waals surface area contributed by atoms with Crippen LogP contribution in [0.2, 0.25) is 0 Å². The molecule has 4 aromatic rings. The van der Waals surface area contributed by atoms with Gasteiger partial charge in [0, 0.05) is 36.0 Å². The fourth-order valence-electron chi connectivity index (χ4n) is 2.82. The van der Waals surface area contributed by atoms with Crippen molar-refractivity contribution >= 4 is 22.8 Å². The van der Waals surface area contributed by atoms with E-state index in [1.54, 1.807) is 23.9 Å². The maximum absolute atomic E-state index is 14.4. The first-order valence-electron chi connectivity index (χ1n) is 8.09. The minimum atomic E-state index is -0.292. The zero-order valence-corrected chi connectivity index (χ0v) is 15.2. The van der Waals surface area contributed by atoms with Gasteiger partial charge in [-0.2, -0.15) is 0 Å². The molecule has 7 heteroatoms. The molecule has 0 aliphatic carbocycles. The third kappa shape index (κ3) is 3.06. The summed E-state index contributed by atoms with van der Waals surface area (Å²) in [5.74, 6) is 1.17. The summed E-state index contributed by atoms with van der Waals surface area (Å²) in [6.07, 6.45) is 5.35. The van der Waals surface area contributed by atoms with Crippen molar-refractivity contribution in [3.8, 4) is 11.4 Å². The van der Waals surface area contributed by atoms with E-state index in [0.29, 0.717) is 17.0 Å². The zero-order chi connectivity index (χ0) is 18.1. The molecule has 0 fully saturated rings. The molecule has 1 aromatic carbocycles. The highest BCUT2D eigenvalue weighted by molar-refractivity contribution is 7.98. The highest BCUT2D eigenvalue weighted by atomic mass is 32.2. The van der Waals surface area contributed by atoms with E-state index in [0.717, 1.165) is 27.7 Å². The van der Waals surface area contributed by atoms with Gasteiger partial charge in [0.2, 0.25) is 0 Å². The van der Waals surface area contributed by atoms with E-state index >= 15 is 0 Å². The molecule has 0 radical (unpaired) electrons. The summed E-state index contributed by atoms with van der Waals surface area (Å²) in [7, 11) is 1.65. The van der Waals surface area contributed by atoms with Crippen LogP contribution in [-0.2, 0) is 5.75 Å². The number of methoxy groups -OCH3 is 1. The molecule has 132 valence electrons. The van der Waals surface area contributed by atoms with Gasteiger partial charge in [0.1, 0.15) is 11.6 Å². The zero-order valence-electron chi connectivity index (χ0n) is 14.4. The molecule has 0 aliphatic heterocycles. The van der Waals surface area contributed by atoms with Crippen molar-refractivity contribution < 1.29 is 9.13 Å². The third-order valence-corrected chi connectivity index (χ3v) is 5.12. The van der Waals surface area contributed by atoms with Crippen molar-refractivity contribution in [1.82, 2.24) is 19.5 Å². The first-order valence-corrected chi connectivity index (χ1v) is 9.08. The molecule has 4 rings (SSSR count). The lowest BCUT2D eigenvalue weighted by Gasteiger charge is -2.08. The number of halogens is 1. The second kappa shape index (κ2) is 6.84. The summed E-state index contributed by atoms with van der Waals surface area (Å²) < 4.78 is 21.4. The summed E-state index contributed by atoms with van der Waals surface area (Å²) in [6, 6.07) is 8.80. The van der Waals surface area contributed by atoms with Gasteiger partial charge in [0.15, 0.2) is 5.16 Å². The Hall–Kier alpha value is -2.80. The molecule has 0 bridgehead atoms. The van der Waals surface area contributed by atoms with Crippen LogP contribution in [-0.4, -0.2) is 26.6 Å². The molecule has 3 aromatic heterocycles. The van der Waals surface area contributed by atoms with Crippen LogP contribution >= 0.6 is 11.8 Å². The van der Waals surface area contributed by atoms with Gasteiger partial charge in [-0.15, -0.1) is 0 Å². The van der Waals surface area contributed by atoms with Crippen molar-refractivity contribution in [2.75, 3.05) is 7.11 Å². The first kappa shape index (κ1) is 16.7. The van der Waals surface area contributed by atoms with Crippen LogP contribution in [0.1, 0.15) is 11.3 Å². The Bertz CT molecular complexity index is 1060. The Kier molecular flexibility index (Phi) is 4.38. The van der Waals surface area contributed by atoms with Crippen LogP contribution in [0.4, 0.5) is 4.39 Å². The van der Waals surface area contributed by atoms with E-state index in [4.69, 9.17) is 4.74 Å². The molecule has 1 N–H and O–H groups in total. The fraction of sp³-hybridized carbons (Fsp3) is 0.158. The topological polar surface area (TPSA) is 55.7 Å². The molecular weight excluding hydrogens is 351 g/mol. The molecule has 26 heavy (non-hydrogen) atoms. The molecule has 0 unspecified atom stereocenters. The number of hydrogen-bond donors (Lipinski definition) is 1. The molecule has 3 heterocycles. The van der Waals surface area contributed by atoms with Crippen molar-refractivity contribution in [1.29, 1.82) is 0 Å². The number of rotatable bonds is 5. The molecule has 0 aliphatic rings. The van der Waals surface area contributed by atoms with Gasteiger partial charge in [-0.3, -0.25) is 4.98 Å². The average Bonchev–Trinajstić information content (AvgIpc) is 3.29. The van der Waals surface area contributed by atoms with E-state index in [-0.39, 0.29) is 5.82 Å². The number of hydrogen-bond acceptors (Lipinski definition) is 4. The summed E-state index contributed by atoms with van der Waals surface area (Å²) >= 11 is 1.53. The number of nitrogens with zero attached hydrogens (tertiary/aromatic N) is 3. The Morgan fingerprint density at radius 1 is 1.27 bits per heavy atom. The van der Waals surface area contributed by atoms with Gasteiger partial charge >= 0.3 is 0 Å². The van der Waals surface area contributed by atoms with Crippen LogP contribution in [0.5, 0.6) is 5.75 Å². The number of aromatic amines is 1. The Balaban J connectivity index is 1.60. The standard InChI is InChI=1S/C19H17FN4OS/c1-12-16(21-6-5-18(12)25-2)11-26-19-22-14-9-13(20)17(10-15(14)23-19)24-7-3-4-8-24/h3-10H,11H2,1-2H3,(H,22,23). The number of nitrogens with one attached hydrogen (secondary N) is 1. The predicted octanol–water partition coefficient (Wildman–Crippen LogP) is 4.50. The molecule has 0 spiro atoms. The molecule has 0 amide bonds. The Morgan fingerprint density at radius 2 is 2.08 bits per heavy atom. The predicted molar refractivity (Wildman–Crippen MR) is 100 cm³/mol. The lowest BCUT2D eigenvalue weighted by molar-refractivity contribution is 0.410. The molecule has 0 saturated carbocycles. The lowest BCUT2D eigenvalue weighted by Crippen LogP contribution is -1.95. The summed E-state index contributed by atoms with van der Waals surface area (Å²) in [5, 5.41) is 0.730. The van der Waals surface area contributed by atoms with Crippen molar-refractivity contribution in [2.24, 2.45) is 0 Å². The van der Waals surface area contributed by atoms with Gasteiger partial charge < -0.3 is 14.3 Å². The molecule has 0 atom stereocenters. The van der Waals surface area contributed by atoms with Gasteiger partial charge in [-0.05, 0) is 31.2 Å². The second-order valence-corrected chi connectivity index (χ2v) is 6.79. The highest BCUT2D eigenvalue weighted by Gasteiger charge is 2.12. The van der Waals surface area contributed by atoms with E-state index in [1.807, 2.05) is 37.5 Å². The Labute approximate surface area is 154 Å². The van der Waals surface area contributed by atoms with E-state index in [9.17, 15) is 4.39 Å². The monoisotopic (exact) mass is 368 g/mol. The number of thioether (sulfide) groups is 1. The number of pyridine rings is 1. The molecule has 0 saturated heterocycles. The first-order chi connectivity index (χ1) is 12.7. The van der Waals surface area contributed by atoms with Crippen molar-refractivity contribution in [2.45, 2.75) is 17.8 Å². The van der Waals surface area contributed by atoms with Crippen molar-refractivity contribution in [3.63, 3.8) is 0 Å². The van der Waals surface area contributed by atoms with Gasteiger partial charge in [-0.25, -0.2) is 9.37 Å². The van der Waals surface area contributed by atoms with E-state index in [2.05, 4.69) is 15.0 Å². The fourth-order valence-corrected chi connectivity index (χ4v) is 3.73. The molecule has 5 nitrogen and oxygen atoms in total. The summed E-state index contributed by atoms with van der Waals surface area (Å²) in [6.45, 7) is 1.99. The van der Waals surface area contributed by atoms with Crippen LogP contribution in [0, 0.1) is 12.7 Å². The number of H-pyrrole nitrogens is 1. The smallest absolute Gasteiger partial charge is 0.166 e. The van der Waals surface area contributed by atoms with Crippen LogP contribution in [0.3, 0.4) is 0 Å². The van der Waals surface area contributed by atoms with E-state index < -0.39 is 0 Å². The largest absolute Gasteiger partial charge is 0.496 e. The summed E-state index contributed by atoms with van der Waals surface area (Å²) in [4.78, 5) is 12.2. The Morgan fingerprint density at radius 3 is 2.85 bits per heavy atom. The SMILES string of the molecule is COc1ccnc(CSc2nc3cc(-n4cccc4)c(F)cc3[nH]2)c1C. The van der Waals surface area contributed by atoms with Crippen molar-refractivity contribution in [3.05, 3.63) is 66.0 Å². The number of benzene rings is 1. The van der Waals surface area contributed by atoms with Gasteiger partial charge in [-0.1, -0.05) is 11.8 Å². The molecular formula is C19H17FN4OS. The summed E-state index contributed by atoms with van der Waals surface area (Å²) in [5.41, 5.74) is 3.84. The minimum Gasteiger partial charge on any atom is -0.496 e. The van der Waals surface area contributed by atoms with Gasteiger partial charge in [0.25, 0.3) is 0 Å². The third-order valence-electron chi connectivity index (χ3n) is 4.24. The maximum Gasteiger partial charge on any atom is 0.166 e.